The standard InChI is InChI=1S/C16H23N5O/c1-10(2)15-17-8-14(18-15)16(22)21-6-4-5-12(9-21)13-7-11(3)19-20-13/h7-8,10,12H,4-6,9H2,1-3H3,(H,17,18)(H,19,20). The van der Waals surface area contributed by atoms with Crippen LogP contribution in [0.25, 0.3) is 0 Å². The van der Waals surface area contributed by atoms with Gasteiger partial charge in [0.2, 0.25) is 0 Å². The van der Waals surface area contributed by atoms with Crippen LogP contribution < -0.4 is 0 Å². The molecule has 2 N–H and O–H groups in total. The average molecular weight is 301 g/mol. The minimum absolute atomic E-state index is 0.0383. The summed E-state index contributed by atoms with van der Waals surface area (Å²) < 4.78 is 0. The van der Waals surface area contributed by atoms with Gasteiger partial charge < -0.3 is 9.88 Å². The first-order valence-electron chi connectivity index (χ1n) is 7.90. The number of piperidine rings is 1. The van der Waals surface area contributed by atoms with Crippen molar-refractivity contribution in [2.45, 2.75) is 45.4 Å². The second-order valence-electron chi connectivity index (χ2n) is 6.40. The lowest BCUT2D eigenvalue weighted by molar-refractivity contribution is 0.0700. The zero-order valence-electron chi connectivity index (χ0n) is 13.4. The Morgan fingerprint density at radius 1 is 1.45 bits per heavy atom. The van der Waals surface area contributed by atoms with Gasteiger partial charge in [0.15, 0.2) is 0 Å². The summed E-state index contributed by atoms with van der Waals surface area (Å²) in [6, 6.07) is 2.08. The van der Waals surface area contributed by atoms with Crippen molar-refractivity contribution in [2.75, 3.05) is 13.1 Å². The number of amides is 1. The maximum Gasteiger partial charge on any atom is 0.271 e. The molecule has 2 aromatic rings. The van der Waals surface area contributed by atoms with Crippen molar-refractivity contribution in [2.24, 2.45) is 0 Å². The highest BCUT2D eigenvalue weighted by molar-refractivity contribution is 5.92. The van der Waals surface area contributed by atoms with E-state index in [0.29, 0.717) is 17.5 Å². The Hall–Kier alpha value is -2.11. The van der Waals surface area contributed by atoms with Gasteiger partial charge in [-0.1, -0.05) is 13.8 Å². The minimum Gasteiger partial charge on any atom is -0.338 e. The summed E-state index contributed by atoms with van der Waals surface area (Å²) in [4.78, 5) is 22.0. The van der Waals surface area contributed by atoms with E-state index in [4.69, 9.17) is 0 Å². The molecule has 1 atom stereocenters. The summed E-state index contributed by atoms with van der Waals surface area (Å²) in [7, 11) is 0. The fourth-order valence-corrected chi connectivity index (χ4v) is 2.96. The molecule has 0 radical (unpaired) electrons. The molecule has 0 bridgehead atoms. The van der Waals surface area contributed by atoms with Gasteiger partial charge >= 0.3 is 0 Å². The van der Waals surface area contributed by atoms with Crippen LogP contribution >= 0.6 is 0 Å². The van der Waals surface area contributed by atoms with E-state index in [-0.39, 0.29) is 5.91 Å². The Morgan fingerprint density at radius 3 is 2.91 bits per heavy atom. The van der Waals surface area contributed by atoms with Gasteiger partial charge in [-0.25, -0.2) is 4.98 Å². The van der Waals surface area contributed by atoms with Crippen molar-refractivity contribution in [3.8, 4) is 0 Å². The molecule has 1 aliphatic heterocycles. The van der Waals surface area contributed by atoms with E-state index >= 15 is 0 Å². The van der Waals surface area contributed by atoms with Gasteiger partial charge in [0.05, 0.1) is 11.9 Å². The number of aromatic amines is 2. The number of aryl methyl sites for hydroxylation is 1. The van der Waals surface area contributed by atoms with E-state index in [9.17, 15) is 4.79 Å². The number of nitrogens with zero attached hydrogens (tertiary/aromatic N) is 3. The summed E-state index contributed by atoms with van der Waals surface area (Å²) in [6.07, 6.45) is 3.74. The summed E-state index contributed by atoms with van der Waals surface area (Å²) in [6.45, 7) is 7.64. The Morgan fingerprint density at radius 2 is 2.27 bits per heavy atom. The van der Waals surface area contributed by atoms with Crippen LogP contribution in [0, 0.1) is 6.92 Å². The summed E-state index contributed by atoms with van der Waals surface area (Å²) in [5, 5.41) is 7.34. The molecule has 2 aromatic heterocycles. The van der Waals surface area contributed by atoms with Gasteiger partial charge in [0.1, 0.15) is 11.5 Å². The number of carbonyl (C=O) groups excluding carboxylic acids is 1. The molecule has 1 amide bonds. The Kier molecular flexibility index (Phi) is 4.00. The largest absolute Gasteiger partial charge is 0.338 e. The lowest BCUT2D eigenvalue weighted by Gasteiger charge is -2.31. The van der Waals surface area contributed by atoms with Crippen molar-refractivity contribution in [1.29, 1.82) is 0 Å². The fourth-order valence-electron chi connectivity index (χ4n) is 2.96. The number of aromatic nitrogens is 4. The second-order valence-corrected chi connectivity index (χ2v) is 6.40. The first kappa shape index (κ1) is 14.8. The monoisotopic (exact) mass is 301 g/mol. The Labute approximate surface area is 130 Å². The van der Waals surface area contributed by atoms with Gasteiger partial charge in [-0.15, -0.1) is 0 Å². The maximum atomic E-state index is 12.6. The highest BCUT2D eigenvalue weighted by atomic mass is 16.2. The average Bonchev–Trinajstić information content (AvgIpc) is 3.15. The third-order valence-corrected chi connectivity index (χ3v) is 4.23. The molecule has 0 aromatic carbocycles. The molecule has 118 valence electrons. The van der Waals surface area contributed by atoms with E-state index < -0.39 is 0 Å². The third-order valence-electron chi connectivity index (χ3n) is 4.23. The zero-order valence-corrected chi connectivity index (χ0v) is 13.4. The number of nitrogens with one attached hydrogen (secondary N) is 2. The summed E-state index contributed by atoms with van der Waals surface area (Å²) in [5.74, 6) is 1.51. The first-order chi connectivity index (χ1) is 10.5. The molecule has 3 rings (SSSR count). The quantitative estimate of drug-likeness (QED) is 0.914. The molecule has 0 spiro atoms. The van der Waals surface area contributed by atoms with E-state index in [2.05, 4.69) is 40.1 Å². The maximum absolute atomic E-state index is 12.6. The van der Waals surface area contributed by atoms with Crippen molar-refractivity contribution < 1.29 is 4.79 Å². The number of rotatable bonds is 3. The number of carbonyl (C=O) groups is 1. The minimum atomic E-state index is 0.0383. The summed E-state index contributed by atoms with van der Waals surface area (Å²) in [5.41, 5.74) is 2.71. The molecule has 0 saturated carbocycles. The molecule has 1 unspecified atom stereocenters. The SMILES string of the molecule is Cc1cc(C2CCCN(C(=O)c3cnc(C(C)C)[nH]3)C2)n[nH]1. The summed E-state index contributed by atoms with van der Waals surface area (Å²) >= 11 is 0. The van der Waals surface area contributed by atoms with Crippen LogP contribution in [0.1, 0.15) is 66.2 Å². The molecule has 6 heteroatoms. The Balaban J connectivity index is 1.72. The molecule has 22 heavy (non-hydrogen) atoms. The van der Waals surface area contributed by atoms with Crippen LogP contribution in [0.3, 0.4) is 0 Å². The van der Waals surface area contributed by atoms with E-state index in [1.807, 2.05) is 11.8 Å². The van der Waals surface area contributed by atoms with Crippen molar-refractivity contribution >= 4 is 5.91 Å². The molecule has 1 aliphatic rings. The number of likely N-dealkylation sites (tertiary alicyclic amines) is 1. The van der Waals surface area contributed by atoms with Gasteiger partial charge in [0.25, 0.3) is 5.91 Å². The van der Waals surface area contributed by atoms with Crippen LogP contribution in [-0.4, -0.2) is 44.1 Å². The molecule has 1 fully saturated rings. The lowest BCUT2D eigenvalue weighted by atomic mass is 9.94. The van der Waals surface area contributed by atoms with Crippen LogP contribution in [0.4, 0.5) is 0 Å². The number of hydrogen-bond acceptors (Lipinski definition) is 3. The van der Waals surface area contributed by atoms with Crippen LogP contribution in [-0.2, 0) is 0 Å². The van der Waals surface area contributed by atoms with E-state index in [1.54, 1.807) is 6.20 Å². The van der Waals surface area contributed by atoms with Crippen molar-refractivity contribution in [3.63, 3.8) is 0 Å². The first-order valence-corrected chi connectivity index (χ1v) is 7.90. The fraction of sp³-hybridized carbons (Fsp3) is 0.562. The zero-order chi connectivity index (χ0) is 15.7. The predicted octanol–water partition coefficient (Wildman–Crippen LogP) is 2.58. The number of H-pyrrole nitrogens is 2. The van der Waals surface area contributed by atoms with Crippen LogP contribution in [0.5, 0.6) is 0 Å². The number of hydrogen-bond donors (Lipinski definition) is 2. The molecule has 3 heterocycles. The normalized spacial score (nSPS) is 18.9. The number of imidazole rings is 1. The molecular weight excluding hydrogens is 278 g/mol. The second kappa shape index (κ2) is 5.94. The highest BCUT2D eigenvalue weighted by Gasteiger charge is 2.27. The lowest BCUT2D eigenvalue weighted by Crippen LogP contribution is -2.39. The highest BCUT2D eigenvalue weighted by Crippen LogP contribution is 2.26. The van der Waals surface area contributed by atoms with Crippen LogP contribution in [0.2, 0.25) is 0 Å². The Bertz CT molecular complexity index is 657. The topological polar surface area (TPSA) is 77.7 Å². The van der Waals surface area contributed by atoms with Crippen molar-refractivity contribution in [1.82, 2.24) is 25.1 Å². The smallest absolute Gasteiger partial charge is 0.271 e. The van der Waals surface area contributed by atoms with Crippen molar-refractivity contribution in [3.05, 3.63) is 35.2 Å². The van der Waals surface area contributed by atoms with Gasteiger partial charge in [-0.05, 0) is 25.8 Å². The molecular formula is C16H23N5O. The molecule has 0 aliphatic carbocycles. The molecule has 1 saturated heterocycles. The molecule has 6 nitrogen and oxygen atoms in total. The van der Waals surface area contributed by atoms with E-state index in [1.165, 1.54) is 0 Å². The van der Waals surface area contributed by atoms with Crippen LogP contribution in [0.15, 0.2) is 12.3 Å². The van der Waals surface area contributed by atoms with Gasteiger partial charge in [-0.2, -0.15) is 5.10 Å². The predicted molar refractivity (Wildman–Crippen MR) is 83.9 cm³/mol. The van der Waals surface area contributed by atoms with E-state index in [0.717, 1.165) is 43.1 Å². The van der Waals surface area contributed by atoms with Gasteiger partial charge in [0, 0.05) is 30.6 Å². The van der Waals surface area contributed by atoms with Gasteiger partial charge in [-0.3, -0.25) is 9.89 Å². The third kappa shape index (κ3) is 2.91.